The monoisotopic (exact) mass is 219 g/mol. The molecule has 0 saturated carbocycles. The Kier molecular flexibility index (Phi) is 2.56. The predicted octanol–water partition coefficient (Wildman–Crippen LogP) is -1.15. The van der Waals surface area contributed by atoms with E-state index in [1.165, 1.54) is 7.05 Å². The zero-order valence-corrected chi connectivity index (χ0v) is 8.45. The molecule has 0 atom stereocenters. The van der Waals surface area contributed by atoms with Gasteiger partial charge in [-0.05, 0) is 0 Å². The largest absolute Gasteiger partial charge is 0.481 e. The fourth-order valence-electron chi connectivity index (χ4n) is 0.957. The highest BCUT2D eigenvalue weighted by Gasteiger charge is 2.18. The minimum absolute atomic E-state index is 0.109. The van der Waals surface area contributed by atoms with Crippen LogP contribution in [0.15, 0.2) is 5.16 Å². The molecule has 0 aromatic carbocycles. The number of hydrogen-bond acceptors (Lipinski definition) is 5. The summed E-state index contributed by atoms with van der Waals surface area (Å²) >= 11 is 0. The highest BCUT2D eigenvalue weighted by molar-refractivity contribution is 7.90. The number of aliphatic carboxylic acids is 1. The first-order valence-electron chi connectivity index (χ1n) is 3.62. The molecule has 1 heterocycles. The SMILES string of the molecule is Cn1c(CC(=O)O)nnc1S(C)(=O)=O. The molecule has 78 valence electrons. The van der Waals surface area contributed by atoms with Gasteiger partial charge in [0.1, 0.15) is 12.2 Å². The number of carboxylic acid groups (broad SMARTS) is 1. The Morgan fingerprint density at radius 2 is 2.07 bits per heavy atom. The van der Waals surface area contributed by atoms with Crippen LogP contribution in [0.25, 0.3) is 0 Å². The summed E-state index contributed by atoms with van der Waals surface area (Å²) < 4.78 is 23.3. The fraction of sp³-hybridized carbons (Fsp3) is 0.500. The molecule has 1 N–H and O–H groups in total. The van der Waals surface area contributed by atoms with Gasteiger partial charge in [0.15, 0.2) is 0 Å². The third-order valence-corrected chi connectivity index (χ3v) is 2.58. The van der Waals surface area contributed by atoms with Gasteiger partial charge in [0, 0.05) is 13.3 Å². The highest BCUT2D eigenvalue weighted by atomic mass is 32.2. The summed E-state index contributed by atoms with van der Waals surface area (Å²) in [6, 6.07) is 0. The van der Waals surface area contributed by atoms with Gasteiger partial charge in [-0.25, -0.2) is 8.42 Å². The minimum atomic E-state index is -3.45. The van der Waals surface area contributed by atoms with Crippen molar-refractivity contribution in [1.82, 2.24) is 14.8 Å². The van der Waals surface area contributed by atoms with Gasteiger partial charge in [-0.15, -0.1) is 10.2 Å². The summed E-state index contributed by atoms with van der Waals surface area (Å²) in [5.41, 5.74) is 0. The van der Waals surface area contributed by atoms with Gasteiger partial charge in [-0.3, -0.25) is 4.79 Å². The molecule has 0 saturated heterocycles. The second-order valence-corrected chi connectivity index (χ2v) is 4.71. The molecular weight excluding hydrogens is 210 g/mol. The predicted molar refractivity (Wildman–Crippen MR) is 45.5 cm³/mol. The average molecular weight is 219 g/mol. The lowest BCUT2D eigenvalue weighted by atomic mass is 10.4. The van der Waals surface area contributed by atoms with Gasteiger partial charge >= 0.3 is 5.97 Å². The van der Waals surface area contributed by atoms with E-state index >= 15 is 0 Å². The Hall–Kier alpha value is -1.44. The van der Waals surface area contributed by atoms with Crippen LogP contribution < -0.4 is 0 Å². The normalized spacial score (nSPS) is 11.6. The van der Waals surface area contributed by atoms with Crippen LogP contribution in [0.3, 0.4) is 0 Å². The molecule has 0 bridgehead atoms. The molecule has 1 aromatic rings. The van der Waals surface area contributed by atoms with E-state index in [0.29, 0.717) is 0 Å². The maximum absolute atomic E-state index is 11.1. The van der Waals surface area contributed by atoms with E-state index in [-0.39, 0.29) is 17.4 Å². The number of nitrogens with zero attached hydrogens (tertiary/aromatic N) is 3. The summed E-state index contributed by atoms with van der Waals surface area (Å²) in [4.78, 5) is 10.3. The van der Waals surface area contributed by atoms with Crippen molar-refractivity contribution in [2.24, 2.45) is 7.05 Å². The lowest BCUT2D eigenvalue weighted by Gasteiger charge is -1.99. The molecule has 0 radical (unpaired) electrons. The average Bonchev–Trinajstić information content (AvgIpc) is 2.30. The van der Waals surface area contributed by atoms with E-state index in [1.54, 1.807) is 0 Å². The quantitative estimate of drug-likeness (QED) is 0.688. The van der Waals surface area contributed by atoms with Crippen molar-refractivity contribution in [3.8, 4) is 0 Å². The molecule has 0 amide bonds. The van der Waals surface area contributed by atoms with Crippen molar-refractivity contribution < 1.29 is 18.3 Å². The second kappa shape index (κ2) is 3.37. The molecular formula is C6H9N3O4S. The summed E-state index contributed by atoms with van der Waals surface area (Å²) in [6.07, 6.45) is 0.639. The number of sulfone groups is 1. The van der Waals surface area contributed by atoms with Crippen molar-refractivity contribution in [1.29, 1.82) is 0 Å². The first-order chi connectivity index (χ1) is 6.32. The number of carboxylic acids is 1. The van der Waals surface area contributed by atoms with E-state index in [0.717, 1.165) is 10.8 Å². The molecule has 7 nitrogen and oxygen atoms in total. The lowest BCUT2D eigenvalue weighted by Crippen LogP contribution is -2.10. The summed E-state index contributed by atoms with van der Waals surface area (Å²) in [5.74, 6) is -0.974. The molecule has 0 aliphatic rings. The molecule has 1 aromatic heterocycles. The van der Waals surface area contributed by atoms with Crippen LogP contribution in [-0.4, -0.2) is 40.5 Å². The second-order valence-electron chi connectivity index (χ2n) is 2.80. The van der Waals surface area contributed by atoms with Crippen molar-refractivity contribution in [3.05, 3.63) is 5.82 Å². The third kappa shape index (κ3) is 2.08. The molecule has 8 heteroatoms. The van der Waals surface area contributed by atoms with Gasteiger partial charge in [-0.2, -0.15) is 0 Å². The Balaban J connectivity index is 3.16. The third-order valence-electron chi connectivity index (χ3n) is 1.57. The molecule has 0 unspecified atom stereocenters. The fourth-order valence-corrected chi connectivity index (χ4v) is 1.75. The highest BCUT2D eigenvalue weighted by Crippen LogP contribution is 2.06. The minimum Gasteiger partial charge on any atom is -0.481 e. The van der Waals surface area contributed by atoms with Crippen LogP contribution in [0.2, 0.25) is 0 Å². The van der Waals surface area contributed by atoms with Gasteiger partial charge in [0.2, 0.25) is 15.0 Å². The van der Waals surface area contributed by atoms with Gasteiger partial charge < -0.3 is 9.67 Å². The van der Waals surface area contributed by atoms with Gasteiger partial charge in [-0.1, -0.05) is 0 Å². The lowest BCUT2D eigenvalue weighted by molar-refractivity contribution is -0.136. The van der Waals surface area contributed by atoms with Crippen molar-refractivity contribution in [3.63, 3.8) is 0 Å². The molecule has 1 rings (SSSR count). The van der Waals surface area contributed by atoms with Gasteiger partial charge in [0.05, 0.1) is 0 Å². The molecule has 14 heavy (non-hydrogen) atoms. The molecule has 0 aliphatic heterocycles. The van der Waals surface area contributed by atoms with Crippen LogP contribution in [0.4, 0.5) is 0 Å². The maximum Gasteiger partial charge on any atom is 0.311 e. The smallest absolute Gasteiger partial charge is 0.311 e. The van der Waals surface area contributed by atoms with Crippen LogP contribution in [0.1, 0.15) is 5.82 Å². The zero-order chi connectivity index (χ0) is 10.9. The maximum atomic E-state index is 11.1. The number of rotatable bonds is 3. The molecule has 0 fully saturated rings. The topological polar surface area (TPSA) is 102 Å². The number of aromatic nitrogens is 3. The summed E-state index contributed by atoms with van der Waals surface area (Å²) in [6.45, 7) is 0. The first kappa shape index (κ1) is 10.6. The Morgan fingerprint density at radius 3 is 2.43 bits per heavy atom. The molecule has 0 aliphatic carbocycles. The Morgan fingerprint density at radius 1 is 1.50 bits per heavy atom. The number of carbonyl (C=O) groups is 1. The van der Waals surface area contributed by atoms with E-state index in [4.69, 9.17) is 5.11 Å². The Labute approximate surface area is 80.3 Å². The van der Waals surface area contributed by atoms with Crippen LogP contribution >= 0.6 is 0 Å². The standard InChI is InChI=1S/C6H9N3O4S/c1-9-4(3-5(10)11)7-8-6(9)14(2,12)13/h3H2,1-2H3,(H,10,11). The number of hydrogen-bond donors (Lipinski definition) is 1. The van der Waals surface area contributed by atoms with Crippen LogP contribution in [-0.2, 0) is 28.1 Å². The van der Waals surface area contributed by atoms with Gasteiger partial charge in [0.25, 0.3) is 0 Å². The van der Waals surface area contributed by atoms with Crippen molar-refractivity contribution in [2.75, 3.05) is 6.26 Å². The Bertz CT molecular complexity index is 461. The van der Waals surface area contributed by atoms with Crippen LogP contribution in [0.5, 0.6) is 0 Å². The van der Waals surface area contributed by atoms with E-state index in [2.05, 4.69) is 10.2 Å². The molecule has 0 spiro atoms. The zero-order valence-electron chi connectivity index (χ0n) is 7.63. The summed E-state index contributed by atoms with van der Waals surface area (Å²) in [7, 11) is -2.04. The van der Waals surface area contributed by atoms with E-state index in [1.807, 2.05) is 0 Å². The van der Waals surface area contributed by atoms with Crippen LogP contribution in [0, 0.1) is 0 Å². The summed E-state index contributed by atoms with van der Waals surface area (Å²) in [5, 5.41) is 15.1. The first-order valence-corrected chi connectivity index (χ1v) is 5.51. The van der Waals surface area contributed by atoms with E-state index in [9.17, 15) is 13.2 Å². The van der Waals surface area contributed by atoms with Crippen molar-refractivity contribution >= 4 is 15.8 Å². The van der Waals surface area contributed by atoms with E-state index < -0.39 is 15.8 Å². The van der Waals surface area contributed by atoms with Crippen molar-refractivity contribution in [2.45, 2.75) is 11.6 Å².